The monoisotopic (exact) mass is 269 g/mol. The molecule has 0 bridgehead atoms. The second kappa shape index (κ2) is 4.20. The number of fused-ring (bicyclic) bond motifs is 3. The largest absolute Gasteiger partial charge is 0.365 e. The zero-order valence-electron chi connectivity index (χ0n) is 11.4. The summed E-state index contributed by atoms with van der Waals surface area (Å²) in [5.41, 5.74) is 5.42. The van der Waals surface area contributed by atoms with E-state index < -0.39 is 6.17 Å². The summed E-state index contributed by atoms with van der Waals surface area (Å²) in [5, 5.41) is 0. The van der Waals surface area contributed by atoms with E-state index >= 15 is 0 Å². The van der Waals surface area contributed by atoms with Crippen LogP contribution in [0.1, 0.15) is 12.5 Å². The summed E-state index contributed by atoms with van der Waals surface area (Å²) in [6.07, 6.45) is 2.36. The minimum absolute atomic E-state index is 0.496. The Balaban J connectivity index is 1.84. The molecule has 0 aliphatic carbocycles. The molecule has 0 saturated carbocycles. The van der Waals surface area contributed by atoms with Gasteiger partial charge in [0.05, 0.1) is 24.1 Å². The molecule has 4 rings (SSSR count). The van der Waals surface area contributed by atoms with Crippen molar-refractivity contribution in [3.8, 4) is 0 Å². The number of hydrogen-bond donors (Lipinski definition) is 0. The van der Waals surface area contributed by atoms with Crippen molar-refractivity contribution in [2.24, 2.45) is 0 Å². The van der Waals surface area contributed by atoms with Gasteiger partial charge in [0.2, 0.25) is 0 Å². The number of benzene rings is 1. The van der Waals surface area contributed by atoms with Crippen LogP contribution in [0.3, 0.4) is 0 Å². The molecule has 1 saturated heterocycles. The molecule has 0 spiro atoms. The smallest absolute Gasteiger partial charge is 0.139 e. The van der Waals surface area contributed by atoms with Gasteiger partial charge in [-0.2, -0.15) is 0 Å². The zero-order valence-corrected chi connectivity index (χ0v) is 11.4. The predicted molar refractivity (Wildman–Crippen MR) is 79.2 cm³/mol. The number of rotatable bonds is 2. The first-order valence-electron chi connectivity index (χ1n) is 7.04. The van der Waals surface area contributed by atoms with Gasteiger partial charge in [-0.25, -0.2) is 9.37 Å². The summed E-state index contributed by atoms with van der Waals surface area (Å²) in [7, 11) is 0. The van der Waals surface area contributed by atoms with Crippen LogP contribution in [0.5, 0.6) is 0 Å². The van der Waals surface area contributed by atoms with Crippen molar-refractivity contribution >= 4 is 22.4 Å². The van der Waals surface area contributed by atoms with Crippen molar-refractivity contribution in [1.29, 1.82) is 0 Å². The van der Waals surface area contributed by atoms with E-state index in [2.05, 4.69) is 34.5 Å². The summed E-state index contributed by atoms with van der Waals surface area (Å²) >= 11 is 0. The van der Waals surface area contributed by atoms with E-state index in [0.717, 1.165) is 28.8 Å². The fourth-order valence-electron chi connectivity index (χ4n) is 2.80. The normalized spacial score (nSPS) is 16.0. The fraction of sp³-hybridized carbons (Fsp3) is 0.312. The molecule has 0 amide bonds. The van der Waals surface area contributed by atoms with Gasteiger partial charge >= 0.3 is 0 Å². The van der Waals surface area contributed by atoms with Crippen LogP contribution in [0.4, 0.5) is 10.1 Å². The van der Waals surface area contributed by atoms with E-state index in [4.69, 9.17) is 0 Å². The van der Waals surface area contributed by atoms with E-state index in [1.54, 1.807) is 0 Å². The third kappa shape index (κ3) is 1.68. The molecule has 2 aromatic heterocycles. The summed E-state index contributed by atoms with van der Waals surface area (Å²) in [4.78, 5) is 6.73. The molecule has 1 aromatic carbocycles. The number of pyridine rings is 1. The molecule has 20 heavy (non-hydrogen) atoms. The Kier molecular flexibility index (Phi) is 2.46. The minimum Gasteiger partial charge on any atom is -0.365 e. The molecule has 102 valence electrons. The molecular weight excluding hydrogens is 253 g/mol. The van der Waals surface area contributed by atoms with Gasteiger partial charge in [0.1, 0.15) is 11.8 Å². The molecule has 3 nitrogen and oxygen atoms in total. The molecule has 0 N–H and O–H groups in total. The second-order valence-electron chi connectivity index (χ2n) is 5.40. The third-order valence-corrected chi connectivity index (χ3v) is 4.06. The Bertz CT molecular complexity index is 787. The number of aryl methyl sites for hydroxylation is 1. The molecule has 1 fully saturated rings. The molecule has 0 atom stereocenters. The van der Waals surface area contributed by atoms with Crippen LogP contribution in [0.15, 0.2) is 36.5 Å². The van der Waals surface area contributed by atoms with Gasteiger partial charge in [0.25, 0.3) is 0 Å². The highest BCUT2D eigenvalue weighted by atomic mass is 19.1. The van der Waals surface area contributed by atoms with Crippen LogP contribution in [0.25, 0.3) is 16.7 Å². The van der Waals surface area contributed by atoms with Gasteiger partial charge in [-0.1, -0.05) is 13.0 Å². The maximum absolute atomic E-state index is 13.0. The average molecular weight is 269 g/mol. The van der Waals surface area contributed by atoms with E-state index in [1.165, 1.54) is 5.56 Å². The van der Waals surface area contributed by atoms with Crippen molar-refractivity contribution in [2.75, 3.05) is 18.0 Å². The molecule has 3 heterocycles. The zero-order chi connectivity index (χ0) is 13.7. The molecule has 3 aromatic rings. The van der Waals surface area contributed by atoms with Crippen molar-refractivity contribution in [3.05, 3.63) is 42.1 Å². The number of anilines is 1. The van der Waals surface area contributed by atoms with Gasteiger partial charge in [0.15, 0.2) is 0 Å². The van der Waals surface area contributed by atoms with Gasteiger partial charge in [-0.15, -0.1) is 0 Å². The van der Waals surface area contributed by atoms with E-state index in [-0.39, 0.29) is 0 Å². The highest BCUT2D eigenvalue weighted by Gasteiger charge is 2.26. The highest BCUT2D eigenvalue weighted by Crippen LogP contribution is 2.26. The number of imidazole rings is 1. The van der Waals surface area contributed by atoms with Gasteiger partial charge < -0.3 is 4.90 Å². The lowest BCUT2D eigenvalue weighted by molar-refractivity contribution is 0.275. The topological polar surface area (TPSA) is 20.5 Å². The second-order valence-corrected chi connectivity index (χ2v) is 5.40. The lowest BCUT2D eigenvalue weighted by Gasteiger charge is -2.36. The Hall–Kier alpha value is -2.10. The van der Waals surface area contributed by atoms with E-state index in [9.17, 15) is 4.39 Å². The summed E-state index contributed by atoms with van der Waals surface area (Å²) in [6, 6.07) is 10.5. The van der Waals surface area contributed by atoms with E-state index in [0.29, 0.717) is 13.1 Å². The molecular formula is C16H16FN3. The summed E-state index contributed by atoms with van der Waals surface area (Å²) in [6.45, 7) is 3.14. The minimum atomic E-state index is -0.683. The van der Waals surface area contributed by atoms with Crippen molar-refractivity contribution in [1.82, 2.24) is 9.38 Å². The SMILES string of the molecule is CCc1ccc2c(c1)nc1cc(N3CC(F)C3)ccn12. The van der Waals surface area contributed by atoms with Gasteiger partial charge in [-0.3, -0.25) is 4.40 Å². The number of halogens is 1. The maximum atomic E-state index is 13.0. The van der Waals surface area contributed by atoms with Crippen LogP contribution >= 0.6 is 0 Å². The lowest BCUT2D eigenvalue weighted by Crippen LogP contribution is -2.48. The Morgan fingerprint density at radius 1 is 1.25 bits per heavy atom. The van der Waals surface area contributed by atoms with Crippen LogP contribution in [0.2, 0.25) is 0 Å². The van der Waals surface area contributed by atoms with Gasteiger partial charge in [0, 0.05) is 18.0 Å². The summed E-state index contributed by atoms with van der Waals surface area (Å²) < 4.78 is 15.0. The van der Waals surface area contributed by atoms with Crippen molar-refractivity contribution in [2.45, 2.75) is 19.5 Å². The number of alkyl halides is 1. The number of nitrogens with zero attached hydrogens (tertiary/aromatic N) is 3. The third-order valence-electron chi connectivity index (χ3n) is 4.06. The summed E-state index contributed by atoms with van der Waals surface area (Å²) in [5.74, 6) is 0. The maximum Gasteiger partial charge on any atom is 0.139 e. The standard InChI is InChI=1S/C16H16FN3/c1-2-11-3-4-15-14(7-11)18-16-8-13(5-6-20(15)16)19-9-12(17)10-19/h3-8,12H,2,9-10H2,1H3. The van der Waals surface area contributed by atoms with Crippen LogP contribution in [0, 0.1) is 0 Å². The van der Waals surface area contributed by atoms with Crippen molar-refractivity contribution < 1.29 is 4.39 Å². The molecule has 1 aliphatic rings. The number of hydrogen-bond acceptors (Lipinski definition) is 2. The fourth-order valence-corrected chi connectivity index (χ4v) is 2.80. The first kappa shape index (κ1) is 11.7. The Labute approximate surface area is 116 Å². The van der Waals surface area contributed by atoms with Crippen LogP contribution in [-0.2, 0) is 6.42 Å². The highest BCUT2D eigenvalue weighted by molar-refractivity contribution is 5.82. The molecule has 0 unspecified atom stereocenters. The predicted octanol–water partition coefficient (Wildman–Crippen LogP) is 3.21. The van der Waals surface area contributed by atoms with Crippen molar-refractivity contribution in [3.63, 3.8) is 0 Å². The lowest BCUT2D eigenvalue weighted by atomic mass is 10.1. The van der Waals surface area contributed by atoms with Crippen LogP contribution < -0.4 is 4.90 Å². The quantitative estimate of drug-likeness (QED) is 0.712. The molecule has 1 aliphatic heterocycles. The first-order chi connectivity index (χ1) is 9.74. The van der Waals surface area contributed by atoms with E-state index in [1.807, 2.05) is 23.2 Å². The number of aromatic nitrogens is 2. The van der Waals surface area contributed by atoms with Crippen LogP contribution in [-0.4, -0.2) is 28.6 Å². The van der Waals surface area contributed by atoms with Gasteiger partial charge in [-0.05, 0) is 30.2 Å². The average Bonchev–Trinajstić information content (AvgIpc) is 2.80. The Morgan fingerprint density at radius 3 is 2.85 bits per heavy atom. The molecule has 4 heteroatoms. The molecule has 0 radical (unpaired) electrons. The Morgan fingerprint density at radius 2 is 2.10 bits per heavy atom. The first-order valence-corrected chi connectivity index (χ1v) is 7.04.